The van der Waals surface area contributed by atoms with Gasteiger partial charge < -0.3 is 10.6 Å². The van der Waals surface area contributed by atoms with Crippen LogP contribution < -0.4 is 10.6 Å². The van der Waals surface area contributed by atoms with Crippen molar-refractivity contribution in [2.45, 2.75) is 32.7 Å². The summed E-state index contributed by atoms with van der Waals surface area (Å²) < 4.78 is 1.81. The van der Waals surface area contributed by atoms with Gasteiger partial charge in [0.25, 0.3) is 5.91 Å². The van der Waals surface area contributed by atoms with Crippen LogP contribution in [0.5, 0.6) is 0 Å². The zero-order valence-corrected chi connectivity index (χ0v) is 18.5. The molecule has 0 spiro atoms. The zero-order valence-electron chi connectivity index (χ0n) is 17.7. The molecule has 0 radical (unpaired) electrons. The Kier molecular flexibility index (Phi) is 7.84. The molecular weight excluding hydrogens is 412 g/mol. The molecule has 2 N–H and O–H groups in total. The lowest BCUT2D eigenvalue weighted by molar-refractivity contribution is -0.124. The van der Waals surface area contributed by atoms with Crippen LogP contribution >= 0.6 is 11.6 Å². The van der Waals surface area contributed by atoms with E-state index in [0.717, 1.165) is 17.8 Å². The highest BCUT2D eigenvalue weighted by Crippen LogP contribution is 2.13. The summed E-state index contributed by atoms with van der Waals surface area (Å²) in [5.41, 5.74) is 2.34. The van der Waals surface area contributed by atoms with E-state index in [0.29, 0.717) is 23.6 Å². The van der Waals surface area contributed by atoms with E-state index >= 15 is 0 Å². The van der Waals surface area contributed by atoms with Crippen molar-refractivity contribution in [2.24, 2.45) is 5.92 Å². The predicted molar refractivity (Wildman–Crippen MR) is 122 cm³/mol. The number of rotatable bonds is 9. The van der Waals surface area contributed by atoms with Gasteiger partial charge in [0, 0.05) is 29.7 Å². The summed E-state index contributed by atoms with van der Waals surface area (Å²) in [6.07, 6.45) is 3.27. The van der Waals surface area contributed by atoms with E-state index in [-0.39, 0.29) is 17.7 Å². The second-order valence-corrected chi connectivity index (χ2v) is 7.91. The lowest BCUT2D eigenvalue weighted by Crippen LogP contribution is -2.50. The SMILES string of the molecule is CCC(C)C(NC(=O)c1ccc(Cl)cc1)C(=O)NCCc1ccn(-c2ccccc2)n1. The van der Waals surface area contributed by atoms with Crippen molar-refractivity contribution in [3.63, 3.8) is 0 Å². The molecule has 2 amide bonds. The largest absolute Gasteiger partial charge is 0.354 e. The third-order valence-electron chi connectivity index (χ3n) is 5.23. The Balaban J connectivity index is 1.56. The monoisotopic (exact) mass is 438 g/mol. The molecule has 3 aromatic rings. The average molecular weight is 439 g/mol. The van der Waals surface area contributed by atoms with Gasteiger partial charge in [-0.2, -0.15) is 5.10 Å². The molecule has 0 bridgehead atoms. The normalized spacial score (nSPS) is 12.7. The van der Waals surface area contributed by atoms with Gasteiger partial charge in [0.1, 0.15) is 6.04 Å². The van der Waals surface area contributed by atoms with Crippen molar-refractivity contribution >= 4 is 23.4 Å². The predicted octanol–water partition coefficient (Wildman–Crippen LogP) is 4.03. The number of nitrogens with zero attached hydrogens (tertiary/aromatic N) is 2. The molecule has 162 valence electrons. The summed E-state index contributed by atoms with van der Waals surface area (Å²) >= 11 is 5.89. The fraction of sp³-hybridized carbons (Fsp3) is 0.292. The zero-order chi connectivity index (χ0) is 22.2. The summed E-state index contributed by atoms with van der Waals surface area (Å²) in [6, 6.07) is 17.8. The quantitative estimate of drug-likeness (QED) is 0.529. The van der Waals surface area contributed by atoms with Crippen LogP contribution in [0.2, 0.25) is 5.02 Å². The van der Waals surface area contributed by atoms with Crippen LogP contribution in [0.1, 0.15) is 36.3 Å². The van der Waals surface area contributed by atoms with Gasteiger partial charge in [0.15, 0.2) is 0 Å². The molecule has 0 aliphatic heterocycles. The number of hydrogen-bond donors (Lipinski definition) is 2. The summed E-state index contributed by atoms with van der Waals surface area (Å²) in [4.78, 5) is 25.4. The van der Waals surface area contributed by atoms with Crippen molar-refractivity contribution in [3.05, 3.63) is 83.1 Å². The molecule has 0 aliphatic carbocycles. The number of nitrogens with one attached hydrogen (secondary N) is 2. The van der Waals surface area contributed by atoms with Gasteiger partial charge >= 0.3 is 0 Å². The van der Waals surface area contributed by atoms with Crippen LogP contribution in [-0.4, -0.2) is 34.2 Å². The minimum absolute atomic E-state index is 0.00598. The summed E-state index contributed by atoms with van der Waals surface area (Å²) in [5, 5.41) is 10.9. The molecule has 0 saturated carbocycles. The molecule has 3 rings (SSSR count). The van der Waals surface area contributed by atoms with E-state index in [2.05, 4.69) is 15.7 Å². The maximum absolute atomic E-state index is 12.8. The Bertz CT molecular complexity index is 1000. The number of amides is 2. The number of hydrogen-bond acceptors (Lipinski definition) is 3. The van der Waals surface area contributed by atoms with Gasteiger partial charge in [-0.15, -0.1) is 0 Å². The molecule has 0 aliphatic rings. The second kappa shape index (κ2) is 10.8. The smallest absolute Gasteiger partial charge is 0.251 e. The number of halogens is 1. The minimum atomic E-state index is -0.616. The fourth-order valence-electron chi connectivity index (χ4n) is 3.17. The van der Waals surface area contributed by atoms with Gasteiger partial charge in [-0.25, -0.2) is 4.68 Å². The van der Waals surface area contributed by atoms with Crippen LogP contribution in [0.3, 0.4) is 0 Å². The molecule has 1 aromatic heterocycles. The maximum atomic E-state index is 12.8. The van der Waals surface area contributed by atoms with Gasteiger partial charge in [-0.3, -0.25) is 9.59 Å². The first-order valence-corrected chi connectivity index (χ1v) is 10.8. The highest BCUT2D eigenvalue weighted by Gasteiger charge is 2.26. The highest BCUT2D eigenvalue weighted by molar-refractivity contribution is 6.30. The number of benzene rings is 2. The van der Waals surface area contributed by atoms with Gasteiger partial charge in [-0.05, 0) is 48.4 Å². The summed E-state index contributed by atoms with van der Waals surface area (Å²) in [6.45, 7) is 4.39. The third kappa shape index (κ3) is 6.18. The molecular formula is C24H27ClN4O2. The molecule has 2 unspecified atom stereocenters. The Hall–Kier alpha value is -3.12. The van der Waals surface area contributed by atoms with Gasteiger partial charge in [0.05, 0.1) is 11.4 Å². The first-order chi connectivity index (χ1) is 15.0. The van der Waals surface area contributed by atoms with E-state index in [4.69, 9.17) is 11.6 Å². The van der Waals surface area contributed by atoms with Crippen molar-refractivity contribution in [1.29, 1.82) is 0 Å². The fourth-order valence-corrected chi connectivity index (χ4v) is 3.30. The first kappa shape index (κ1) is 22.6. The molecule has 0 saturated heterocycles. The van der Waals surface area contributed by atoms with E-state index in [9.17, 15) is 9.59 Å². The molecule has 1 heterocycles. The lowest BCUT2D eigenvalue weighted by Gasteiger charge is -2.23. The van der Waals surface area contributed by atoms with E-state index in [1.165, 1.54) is 0 Å². The Labute approximate surface area is 187 Å². The molecule has 31 heavy (non-hydrogen) atoms. The van der Waals surface area contributed by atoms with Gasteiger partial charge in [0.2, 0.25) is 5.91 Å². The van der Waals surface area contributed by atoms with Crippen molar-refractivity contribution in [1.82, 2.24) is 20.4 Å². The second-order valence-electron chi connectivity index (χ2n) is 7.47. The highest BCUT2D eigenvalue weighted by atomic mass is 35.5. The standard InChI is InChI=1S/C24H27ClN4O2/c1-3-17(2)22(27-23(30)18-9-11-19(25)12-10-18)24(31)26-15-13-20-14-16-29(28-20)21-7-5-4-6-8-21/h4-12,14,16-17,22H,3,13,15H2,1-2H3,(H,26,31)(H,27,30). The third-order valence-corrected chi connectivity index (χ3v) is 5.49. The molecule has 0 fully saturated rings. The molecule has 7 heteroatoms. The lowest BCUT2D eigenvalue weighted by atomic mass is 9.97. The number of carbonyl (C=O) groups is 2. The van der Waals surface area contributed by atoms with E-state index in [1.807, 2.05) is 61.1 Å². The number of carbonyl (C=O) groups excluding carboxylic acids is 2. The topological polar surface area (TPSA) is 76.0 Å². The van der Waals surface area contributed by atoms with Crippen LogP contribution in [0.15, 0.2) is 66.9 Å². The number of para-hydroxylation sites is 1. The molecule has 6 nitrogen and oxygen atoms in total. The minimum Gasteiger partial charge on any atom is -0.354 e. The van der Waals surface area contributed by atoms with Crippen molar-refractivity contribution in [2.75, 3.05) is 6.54 Å². The molecule has 2 atom stereocenters. The molecule has 2 aromatic carbocycles. The van der Waals surface area contributed by atoms with Gasteiger partial charge in [-0.1, -0.05) is 50.1 Å². The summed E-state index contributed by atoms with van der Waals surface area (Å²) in [5.74, 6) is -0.494. The Morgan fingerprint density at radius 3 is 2.45 bits per heavy atom. The van der Waals surface area contributed by atoms with Crippen molar-refractivity contribution < 1.29 is 9.59 Å². The number of aromatic nitrogens is 2. The van der Waals surface area contributed by atoms with E-state index < -0.39 is 6.04 Å². The maximum Gasteiger partial charge on any atom is 0.251 e. The Morgan fingerprint density at radius 1 is 1.06 bits per heavy atom. The van der Waals surface area contributed by atoms with Crippen LogP contribution in [0.4, 0.5) is 0 Å². The first-order valence-electron chi connectivity index (χ1n) is 10.4. The Morgan fingerprint density at radius 2 is 1.77 bits per heavy atom. The van der Waals surface area contributed by atoms with Crippen LogP contribution in [-0.2, 0) is 11.2 Å². The average Bonchev–Trinajstić information content (AvgIpc) is 3.26. The van der Waals surface area contributed by atoms with Crippen LogP contribution in [0, 0.1) is 5.92 Å². The van der Waals surface area contributed by atoms with E-state index in [1.54, 1.807) is 24.3 Å². The summed E-state index contributed by atoms with van der Waals surface area (Å²) in [7, 11) is 0. The van der Waals surface area contributed by atoms with Crippen molar-refractivity contribution in [3.8, 4) is 5.69 Å². The van der Waals surface area contributed by atoms with Crippen LogP contribution in [0.25, 0.3) is 5.69 Å².